The average molecular weight is 276 g/mol. The van der Waals surface area contributed by atoms with Crippen LogP contribution in [0, 0.1) is 0 Å². The molecule has 3 rings (SSSR count). The normalized spacial score (nSPS) is 29.4. The summed E-state index contributed by atoms with van der Waals surface area (Å²) >= 11 is 0. The zero-order chi connectivity index (χ0) is 13.8. The monoisotopic (exact) mass is 276 g/mol. The lowest BCUT2D eigenvalue weighted by Crippen LogP contribution is -2.50. The fourth-order valence-electron chi connectivity index (χ4n) is 3.48. The molecule has 3 heterocycles. The van der Waals surface area contributed by atoms with Gasteiger partial charge in [-0.1, -0.05) is 0 Å². The minimum absolute atomic E-state index is 0.00271. The molecular weight excluding hydrogens is 252 g/mol. The van der Waals surface area contributed by atoms with E-state index in [2.05, 4.69) is 29.4 Å². The number of pyridine rings is 1. The molecule has 0 saturated carbocycles. The van der Waals surface area contributed by atoms with E-state index in [9.17, 15) is 0 Å². The van der Waals surface area contributed by atoms with Crippen molar-refractivity contribution in [3.8, 4) is 0 Å². The summed E-state index contributed by atoms with van der Waals surface area (Å²) in [6.45, 7) is 4.94. The molecule has 110 valence electrons. The Morgan fingerprint density at radius 2 is 2.10 bits per heavy atom. The second-order valence-corrected chi connectivity index (χ2v) is 5.84. The van der Waals surface area contributed by atoms with Crippen LogP contribution in [0.15, 0.2) is 24.5 Å². The van der Waals surface area contributed by atoms with Crippen molar-refractivity contribution < 1.29 is 9.47 Å². The van der Waals surface area contributed by atoms with Gasteiger partial charge in [0, 0.05) is 31.8 Å². The molecule has 0 radical (unpaired) electrons. The number of ether oxygens (including phenoxy) is 2. The highest BCUT2D eigenvalue weighted by atomic mass is 16.5. The Morgan fingerprint density at radius 1 is 1.35 bits per heavy atom. The van der Waals surface area contributed by atoms with Gasteiger partial charge in [0.15, 0.2) is 0 Å². The third-order valence-electron chi connectivity index (χ3n) is 4.46. The predicted octanol–water partition coefficient (Wildman–Crippen LogP) is 2.46. The Morgan fingerprint density at radius 3 is 2.80 bits per heavy atom. The molecular formula is C16H24N2O2. The maximum atomic E-state index is 6.53. The van der Waals surface area contributed by atoms with Crippen molar-refractivity contribution >= 4 is 0 Å². The maximum absolute atomic E-state index is 6.53. The summed E-state index contributed by atoms with van der Waals surface area (Å²) in [5, 5.41) is 3.43. The molecule has 2 unspecified atom stereocenters. The molecule has 20 heavy (non-hydrogen) atoms. The van der Waals surface area contributed by atoms with E-state index in [0.29, 0.717) is 6.10 Å². The molecule has 0 aliphatic carbocycles. The maximum Gasteiger partial charge on any atom is 0.0858 e. The molecule has 1 spiro atoms. The number of nitrogens with zero attached hydrogens (tertiary/aromatic N) is 1. The summed E-state index contributed by atoms with van der Waals surface area (Å²) in [5.41, 5.74) is 1.22. The van der Waals surface area contributed by atoms with E-state index in [-0.39, 0.29) is 11.7 Å². The van der Waals surface area contributed by atoms with Crippen LogP contribution in [-0.4, -0.2) is 36.4 Å². The summed E-state index contributed by atoms with van der Waals surface area (Å²) in [6.07, 6.45) is 8.29. The van der Waals surface area contributed by atoms with Crippen LogP contribution in [-0.2, 0) is 9.47 Å². The van der Waals surface area contributed by atoms with E-state index in [1.54, 1.807) is 0 Å². The van der Waals surface area contributed by atoms with Crippen molar-refractivity contribution in [1.29, 1.82) is 0 Å². The lowest BCUT2D eigenvalue weighted by Gasteiger charge is -2.47. The molecule has 2 aliphatic rings. The highest BCUT2D eigenvalue weighted by Gasteiger charge is 2.43. The van der Waals surface area contributed by atoms with Crippen molar-refractivity contribution in [2.75, 3.05) is 19.7 Å². The summed E-state index contributed by atoms with van der Waals surface area (Å²) in [5.74, 6) is 0. The van der Waals surface area contributed by atoms with Crippen LogP contribution in [0.25, 0.3) is 0 Å². The topological polar surface area (TPSA) is 43.4 Å². The van der Waals surface area contributed by atoms with Crippen LogP contribution in [0.5, 0.6) is 0 Å². The van der Waals surface area contributed by atoms with Gasteiger partial charge in [-0.05, 0) is 50.6 Å². The van der Waals surface area contributed by atoms with Gasteiger partial charge in [0.1, 0.15) is 0 Å². The Hall–Kier alpha value is -0.970. The molecule has 1 aromatic heterocycles. The van der Waals surface area contributed by atoms with Crippen LogP contribution in [0.3, 0.4) is 0 Å². The van der Waals surface area contributed by atoms with E-state index >= 15 is 0 Å². The van der Waals surface area contributed by atoms with Gasteiger partial charge < -0.3 is 14.8 Å². The molecule has 4 heteroatoms. The Kier molecular flexibility index (Phi) is 4.34. The third-order valence-corrected chi connectivity index (χ3v) is 4.46. The molecule has 0 amide bonds. The van der Waals surface area contributed by atoms with Crippen LogP contribution >= 0.6 is 0 Å². The summed E-state index contributed by atoms with van der Waals surface area (Å²) in [4.78, 5) is 4.10. The smallest absolute Gasteiger partial charge is 0.0858 e. The molecule has 2 fully saturated rings. The summed E-state index contributed by atoms with van der Waals surface area (Å²) in [6, 6.07) is 4.13. The number of nitrogens with one attached hydrogen (secondary N) is 1. The van der Waals surface area contributed by atoms with Gasteiger partial charge in [0.25, 0.3) is 0 Å². The number of rotatable bonds is 3. The summed E-state index contributed by atoms with van der Waals surface area (Å²) in [7, 11) is 0. The highest BCUT2D eigenvalue weighted by molar-refractivity contribution is 5.15. The molecule has 1 aromatic rings. The Bertz CT molecular complexity index is 418. The van der Waals surface area contributed by atoms with E-state index in [1.807, 2.05) is 12.4 Å². The number of hydrogen-bond acceptors (Lipinski definition) is 4. The zero-order valence-electron chi connectivity index (χ0n) is 12.2. The predicted molar refractivity (Wildman–Crippen MR) is 77.5 cm³/mol. The largest absolute Gasteiger partial charge is 0.378 e. The molecule has 2 saturated heterocycles. The minimum Gasteiger partial charge on any atom is -0.378 e. The first-order chi connectivity index (χ1) is 9.81. The van der Waals surface area contributed by atoms with E-state index < -0.39 is 0 Å². The van der Waals surface area contributed by atoms with Crippen molar-refractivity contribution in [1.82, 2.24) is 10.3 Å². The van der Waals surface area contributed by atoms with Crippen molar-refractivity contribution in [3.05, 3.63) is 30.1 Å². The Labute approximate surface area is 120 Å². The first-order valence-electron chi connectivity index (χ1n) is 7.71. The average Bonchev–Trinajstić information content (AvgIpc) is 2.49. The molecule has 0 aromatic carbocycles. The lowest BCUT2D eigenvalue weighted by molar-refractivity contribution is -0.185. The van der Waals surface area contributed by atoms with Gasteiger partial charge in [0.2, 0.25) is 0 Å². The van der Waals surface area contributed by atoms with Crippen LogP contribution in [0.1, 0.15) is 44.3 Å². The fraction of sp³-hybridized carbons (Fsp3) is 0.688. The van der Waals surface area contributed by atoms with Crippen LogP contribution in [0.2, 0.25) is 0 Å². The van der Waals surface area contributed by atoms with Gasteiger partial charge in [-0.2, -0.15) is 0 Å². The van der Waals surface area contributed by atoms with E-state index in [4.69, 9.17) is 9.47 Å². The fourth-order valence-corrected chi connectivity index (χ4v) is 3.48. The SMILES string of the molecule is CCOC1CC(c2ccncc2)OC2(CCNCC2)C1. The standard InChI is InChI=1S/C16H24N2O2/c1-2-19-14-11-15(13-3-7-17-8-4-13)20-16(12-14)5-9-18-10-6-16/h3-4,7-8,14-15,18H,2,5-6,9-12H2,1H3. The van der Waals surface area contributed by atoms with Gasteiger partial charge in [0.05, 0.1) is 17.8 Å². The van der Waals surface area contributed by atoms with Crippen molar-refractivity contribution in [2.45, 2.75) is 50.4 Å². The van der Waals surface area contributed by atoms with E-state index in [1.165, 1.54) is 5.56 Å². The van der Waals surface area contributed by atoms with Crippen molar-refractivity contribution in [3.63, 3.8) is 0 Å². The molecule has 2 atom stereocenters. The second-order valence-electron chi connectivity index (χ2n) is 5.84. The third kappa shape index (κ3) is 3.03. The van der Waals surface area contributed by atoms with Crippen LogP contribution < -0.4 is 5.32 Å². The van der Waals surface area contributed by atoms with E-state index in [0.717, 1.165) is 45.4 Å². The second kappa shape index (κ2) is 6.20. The number of piperidine rings is 1. The first kappa shape index (κ1) is 14.0. The number of hydrogen-bond donors (Lipinski definition) is 1. The van der Waals surface area contributed by atoms with Crippen LogP contribution in [0.4, 0.5) is 0 Å². The Balaban J connectivity index is 1.79. The molecule has 0 bridgehead atoms. The van der Waals surface area contributed by atoms with Gasteiger partial charge >= 0.3 is 0 Å². The lowest BCUT2D eigenvalue weighted by atomic mass is 9.81. The van der Waals surface area contributed by atoms with Gasteiger partial charge in [-0.25, -0.2) is 0 Å². The quantitative estimate of drug-likeness (QED) is 0.921. The molecule has 1 N–H and O–H groups in total. The highest BCUT2D eigenvalue weighted by Crippen LogP contribution is 2.42. The number of aromatic nitrogens is 1. The molecule has 4 nitrogen and oxygen atoms in total. The van der Waals surface area contributed by atoms with Gasteiger partial charge in [-0.15, -0.1) is 0 Å². The molecule has 2 aliphatic heterocycles. The van der Waals surface area contributed by atoms with Crippen molar-refractivity contribution in [2.24, 2.45) is 0 Å². The first-order valence-corrected chi connectivity index (χ1v) is 7.71. The van der Waals surface area contributed by atoms with Gasteiger partial charge in [-0.3, -0.25) is 4.98 Å². The summed E-state index contributed by atoms with van der Waals surface area (Å²) < 4.78 is 12.5. The zero-order valence-corrected chi connectivity index (χ0v) is 12.2. The minimum atomic E-state index is -0.00271.